The molecule has 0 radical (unpaired) electrons. The van der Waals surface area contributed by atoms with E-state index in [9.17, 15) is 9.59 Å². The van der Waals surface area contributed by atoms with Crippen molar-refractivity contribution in [2.24, 2.45) is 0 Å². The number of imidazole rings is 1. The fourth-order valence-corrected chi connectivity index (χ4v) is 3.51. The summed E-state index contributed by atoms with van der Waals surface area (Å²) < 4.78 is 6.53. The van der Waals surface area contributed by atoms with Crippen molar-refractivity contribution < 1.29 is 19.4 Å². The normalized spacial score (nSPS) is 18.9. The fraction of sp³-hybridized carbons (Fsp3) is 0.267. The van der Waals surface area contributed by atoms with Crippen LogP contribution in [0.2, 0.25) is 5.02 Å². The highest BCUT2D eigenvalue weighted by atomic mass is 35.5. The molecule has 0 saturated carbocycles. The van der Waals surface area contributed by atoms with Crippen LogP contribution in [0.15, 0.2) is 24.5 Å². The van der Waals surface area contributed by atoms with Gasteiger partial charge in [0, 0.05) is 11.6 Å². The molecule has 0 unspecified atom stereocenters. The number of carboxylic acid groups (broad SMARTS) is 1. The van der Waals surface area contributed by atoms with Gasteiger partial charge in [-0.25, -0.2) is 9.78 Å². The highest BCUT2D eigenvalue weighted by molar-refractivity contribution is 6.31. The molecule has 4 rings (SSSR count). The first-order valence-corrected chi connectivity index (χ1v) is 7.53. The van der Waals surface area contributed by atoms with Crippen LogP contribution < -0.4 is 4.74 Å². The summed E-state index contributed by atoms with van der Waals surface area (Å²) in [5.74, 6) is -0.0972. The van der Waals surface area contributed by atoms with E-state index in [0.29, 0.717) is 28.5 Å². The van der Waals surface area contributed by atoms with Crippen LogP contribution in [-0.2, 0) is 0 Å². The Kier molecular flexibility index (Phi) is 3.05. The summed E-state index contributed by atoms with van der Waals surface area (Å²) in [6.07, 6.45) is 1.62. The minimum Gasteiger partial charge on any atom is -0.449 e. The number of hydrogen-bond acceptors (Lipinski definition) is 4. The molecule has 2 aliphatic rings. The second-order valence-electron chi connectivity index (χ2n) is 5.49. The van der Waals surface area contributed by atoms with Crippen LogP contribution in [-0.4, -0.2) is 38.2 Å². The predicted octanol–water partition coefficient (Wildman–Crippen LogP) is 2.87. The Balaban J connectivity index is 1.98. The second-order valence-corrected chi connectivity index (χ2v) is 5.93. The Labute approximate surface area is 136 Å². The van der Waals surface area contributed by atoms with E-state index < -0.39 is 6.16 Å². The van der Waals surface area contributed by atoms with Crippen molar-refractivity contribution in [2.75, 3.05) is 6.54 Å². The van der Waals surface area contributed by atoms with Gasteiger partial charge in [-0.1, -0.05) is 11.6 Å². The van der Waals surface area contributed by atoms with E-state index in [1.165, 1.54) is 6.33 Å². The summed E-state index contributed by atoms with van der Waals surface area (Å²) in [5, 5.41) is 9.38. The molecular weight excluding hydrogens is 322 g/mol. The van der Waals surface area contributed by atoms with E-state index in [1.807, 2.05) is 0 Å². The number of halogens is 1. The van der Waals surface area contributed by atoms with Crippen LogP contribution in [0, 0.1) is 0 Å². The van der Waals surface area contributed by atoms with Crippen molar-refractivity contribution in [3.05, 3.63) is 40.8 Å². The van der Waals surface area contributed by atoms with Crippen LogP contribution in [0.5, 0.6) is 5.88 Å². The quantitative estimate of drug-likeness (QED) is 0.811. The molecule has 23 heavy (non-hydrogen) atoms. The smallest absolute Gasteiger partial charge is 0.449 e. The average Bonchev–Trinajstić information content (AvgIpc) is 3.10. The van der Waals surface area contributed by atoms with Crippen LogP contribution in [0.25, 0.3) is 5.69 Å². The summed E-state index contributed by atoms with van der Waals surface area (Å²) >= 11 is 6.04. The molecule has 1 atom stereocenters. The number of rotatable bonds is 1. The van der Waals surface area contributed by atoms with Gasteiger partial charge in [-0.2, -0.15) is 0 Å². The summed E-state index contributed by atoms with van der Waals surface area (Å²) in [6.45, 7) is 0.604. The highest BCUT2D eigenvalue weighted by Crippen LogP contribution is 2.42. The Morgan fingerprint density at radius 2 is 2.26 bits per heavy atom. The van der Waals surface area contributed by atoms with Crippen LogP contribution in [0.1, 0.15) is 34.9 Å². The molecule has 1 N–H and O–H groups in total. The molecule has 8 heteroatoms. The molecule has 2 aliphatic heterocycles. The van der Waals surface area contributed by atoms with Crippen molar-refractivity contribution in [1.82, 2.24) is 14.5 Å². The van der Waals surface area contributed by atoms with Gasteiger partial charge in [-0.3, -0.25) is 9.36 Å². The topological polar surface area (TPSA) is 84.7 Å². The van der Waals surface area contributed by atoms with Gasteiger partial charge in [0.05, 0.1) is 17.3 Å². The molecule has 1 amide bonds. The first kappa shape index (κ1) is 14.1. The van der Waals surface area contributed by atoms with Crippen molar-refractivity contribution in [1.29, 1.82) is 0 Å². The van der Waals surface area contributed by atoms with E-state index in [1.54, 1.807) is 27.7 Å². The van der Waals surface area contributed by atoms with Crippen LogP contribution in [0.4, 0.5) is 4.79 Å². The Morgan fingerprint density at radius 3 is 3.04 bits per heavy atom. The molecular formula is C15H12ClN3O4. The van der Waals surface area contributed by atoms with Gasteiger partial charge < -0.3 is 14.7 Å². The third-order valence-corrected chi connectivity index (χ3v) is 4.47. The van der Waals surface area contributed by atoms with Gasteiger partial charge in [0.2, 0.25) is 5.88 Å². The zero-order valence-electron chi connectivity index (χ0n) is 11.9. The summed E-state index contributed by atoms with van der Waals surface area (Å²) in [5.41, 5.74) is 1.68. The van der Waals surface area contributed by atoms with Gasteiger partial charge in [0.15, 0.2) is 0 Å². The number of benzene rings is 1. The number of carbonyl (C=O) groups excluding carboxylic acids is 1. The molecule has 0 aliphatic carbocycles. The fourth-order valence-electron chi connectivity index (χ4n) is 3.34. The van der Waals surface area contributed by atoms with Crippen molar-refractivity contribution in [3.8, 4) is 11.6 Å². The summed E-state index contributed by atoms with van der Waals surface area (Å²) in [7, 11) is 0. The standard InChI is InChI=1S/C15H12ClN3O4/c16-8-3-4-10-9(6-8)14(20)18-5-1-2-11(18)12-13(23-15(21)22)17-7-19(10)12/h3-4,6-7,11H,1-2,5H2,(H,21,22)/t11-/m0/s1. The molecule has 1 aromatic carbocycles. The van der Waals surface area contributed by atoms with E-state index in [4.69, 9.17) is 21.4 Å². The molecule has 1 saturated heterocycles. The summed E-state index contributed by atoms with van der Waals surface area (Å²) in [4.78, 5) is 29.6. The number of fused-ring (bicyclic) bond motifs is 5. The number of carbonyl (C=O) groups is 2. The first-order valence-electron chi connectivity index (χ1n) is 7.15. The molecule has 1 aromatic heterocycles. The third kappa shape index (κ3) is 2.08. The lowest BCUT2D eigenvalue weighted by Crippen LogP contribution is -2.29. The third-order valence-electron chi connectivity index (χ3n) is 4.23. The molecule has 2 aromatic rings. The first-order chi connectivity index (χ1) is 11.1. The Morgan fingerprint density at radius 1 is 1.43 bits per heavy atom. The molecule has 7 nitrogen and oxygen atoms in total. The van der Waals surface area contributed by atoms with Crippen molar-refractivity contribution >= 4 is 23.7 Å². The maximum absolute atomic E-state index is 12.8. The zero-order valence-corrected chi connectivity index (χ0v) is 12.7. The molecule has 118 valence electrons. The number of amides is 1. The molecule has 3 heterocycles. The van der Waals surface area contributed by atoms with Gasteiger partial charge in [0.25, 0.3) is 5.91 Å². The number of hydrogen-bond donors (Lipinski definition) is 1. The number of nitrogens with zero attached hydrogens (tertiary/aromatic N) is 3. The van der Waals surface area contributed by atoms with E-state index in [-0.39, 0.29) is 17.8 Å². The maximum atomic E-state index is 12.8. The van der Waals surface area contributed by atoms with Gasteiger partial charge in [-0.05, 0) is 31.0 Å². The van der Waals surface area contributed by atoms with Gasteiger partial charge in [0.1, 0.15) is 12.0 Å². The minimum absolute atomic E-state index is 0.0185. The summed E-state index contributed by atoms with van der Waals surface area (Å²) in [6, 6.07) is 4.78. The lowest BCUT2D eigenvalue weighted by molar-refractivity contribution is 0.0737. The Hall–Kier alpha value is -2.54. The minimum atomic E-state index is -1.43. The van der Waals surface area contributed by atoms with E-state index >= 15 is 0 Å². The second kappa shape index (κ2) is 4.99. The zero-order chi connectivity index (χ0) is 16.1. The highest BCUT2D eigenvalue weighted by Gasteiger charge is 2.39. The predicted molar refractivity (Wildman–Crippen MR) is 80.2 cm³/mol. The SMILES string of the molecule is O=C(O)Oc1ncn2c1[C@@H]1CCCN1C(=O)c1cc(Cl)ccc1-2. The van der Waals surface area contributed by atoms with Gasteiger partial charge >= 0.3 is 6.16 Å². The van der Waals surface area contributed by atoms with E-state index in [2.05, 4.69) is 4.98 Å². The number of ether oxygens (including phenoxy) is 1. The maximum Gasteiger partial charge on any atom is 0.512 e. The van der Waals surface area contributed by atoms with Crippen LogP contribution >= 0.6 is 11.6 Å². The Bertz CT molecular complexity index is 832. The van der Waals surface area contributed by atoms with Crippen molar-refractivity contribution in [2.45, 2.75) is 18.9 Å². The van der Waals surface area contributed by atoms with Crippen LogP contribution in [0.3, 0.4) is 0 Å². The lowest BCUT2D eigenvalue weighted by atomic mass is 10.1. The number of aromatic nitrogens is 2. The molecule has 1 fully saturated rings. The largest absolute Gasteiger partial charge is 0.512 e. The molecule has 0 spiro atoms. The van der Waals surface area contributed by atoms with Gasteiger partial charge in [-0.15, -0.1) is 0 Å². The monoisotopic (exact) mass is 333 g/mol. The van der Waals surface area contributed by atoms with E-state index in [0.717, 1.165) is 12.8 Å². The average molecular weight is 334 g/mol. The lowest BCUT2D eigenvalue weighted by Gasteiger charge is -2.22. The van der Waals surface area contributed by atoms with Crippen molar-refractivity contribution in [3.63, 3.8) is 0 Å². The molecule has 0 bridgehead atoms.